The fraction of sp³-hybridized carbons (Fsp3) is 0.263. The molecule has 1 aliphatic rings. The minimum absolute atomic E-state index is 0.0288. The van der Waals surface area contributed by atoms with E-state index in [1.54, 1.807) is 13.0 Å². The molecule has 0 unspecified atom stereocenters. The molecule has 0 radical (unpaired) electrons. The second kappa shape index (κ2) is 8.03. The standard InChI is InChI=1S/C19H17FN4O3S2/c1-10-7-15(23-27-10)22-16(25)9-28-19-21-14-8-11(2)29-17(14)18(26)24(19)13-5-3-12(20)4-6-13/h3-7,11H,8-9H2,1-2H3,(H,22,23,25)/t11-/m1/s1. The van der Waals surface area contributed by atoms with Gasteiger partial charge in [0.15, 0.2) is 11.0 Å². The summed E-state index contributed by atoms with van der Waals surface area (Å²) >= 11 is 2.63. The Kier molecular flexibility index (Phi) is 5.46. The molecule has 3 heterocycles. The highest BCUT2D eigenvalue weighted by Crippen LogP contribution is 2.34. The molecular weight excluding hydrogens is 415 g/mol. The average molecular weight is 433 g/mol. The first-order valence-corrected chi connectivity index (χ1v) is 10.7. The average Bonchev–Trinajstić information content (AvgIpc) is 3.26. The van der Waals surface area contributed by atoms with Crippen LogP contribution in [0.2, 0.25) is 0 Å². The lowest BCUT2D eigenvalue weighted by Gasteiger charge is -2.13. The zero-order chi connectivity index (χ0) is 20.5. The number of aromatic nitrogens is 3. The molecule has 0 spiro atoms. The monoisotopic (exact) mass is 432 g/mol. The summed E-state index contributed by atoms with van der Waals surface area (Å²) in [7, 11) is 0. The quantitative estimate of drug-likeness (QED) is 0.488. The summed E-state index contributed by atoms with van der Waals surface area (Å²) in [6.45, 7) is 3.76. The summed E-state index contributed by atoms with van der Waals surface area (Å²) in [6.07, 6.45) is 0.692. The zero-order valence-corrected chi connectivity index (χ0v) is 17.3. The Labute approximate surface area is 174 Å². The lowest BCUT2D eigenvalue weighted by Crippen LogP contribution is -2.24. The third-order valence-corrected chi connectivity index (χ3v) is 6.35. The molecular formula is C19H17FN4O3S2. The summed E-state index contributed by atoms with van der Waals surface area (Å²) in [6, 6.07) is 7.24. The van der Waals surface area contributed by atoms with Gasteiger partial charge in [0.2, 0.25) is 5.91 Å². The van der Waals surface area contributed by atoms with Crippen LogP contribution in [0.1, 0.15) is 18.4 Å². The van der Waals surface area contributed by atoms with Crippen molar-refractivity contribution in [3.05, 3.63) is 58.0 Å². The Morgan fingerprint density at radius 1 is 1.41 bits per heavy atom. The van der Waals surface area contributed by atoms with Gasteiger partial charge in [0.05, 0.1) is 22.0 Å². The number of benzene rings is 1. The number of aryl methyl sites for hydroxylation is 1. The first-order chi connectivity index (χ1) is 13.9. The van der Waals surface area contributed by atoms with Gasteiger partial charge < -0.3 is 9.84 Å². The van der Waals surface area contributed by atoms with E-state index in [-0.39, 0.29) is 22.5 Å². The number of fused-ring (bicyclic) bond motifs is 1. The van der Waals surface area contributed by atoms with Gasteiger partial charge in [-0.15, -0.1) is 11.8 Å². The number of nitrogens with zero attached hydrogens (tertiary/aromatic N) is 3. The van der Waals surface area contributed by atoms with Gasteiger partial charge in [-0.1, -0.05) is 23.8 Å². The molecule has 0 saturated heterocycles. The molecule has 1 aliphatic heterocycles. The second-order valence-corrected chi connectivity index (χ2v) is 8.97. The highest BCUT2D eigenvalue weighted by Gasteiger charge is 2.27. The van der Waals surface area contributed by atoms with Crippen LogP contribution < -0.4 is 10.9 Å². The van der Waals surface area contributed by atoms with Crippen molar-refractivity contribution in [3.63, 3.8) is 0 Å². The van der Waals surface area contributed by atoms with Crippen LogP contribution in [0.3, 0.4) is 0 Å². The van der Waals surface area contributed by atoms with E-state index < -0.39 is 5.82 Å². The van der Waals surface area contributed by atoms with Crippen LogP contribution in [-0.4, -0.2) is 31.6 Å². The van der Waals surface area contributed by atoms with E-state index in [9.17, 15) is 14.0 Å². The molecule has 0 fully saturated rings. The number of carbonyl (C=O) groups excluding carboxylic acids is 1. The van der Waals surface area contributed by atoms with E-state index in [0.29, 0.717) is 33.7 Å². The number of thioether (sulfide) groups is 2. The molecule has 1 atom stereocenters. The molecule has 0 saturated carbocycles. The molecule has 150 valence electrons. The molecule has 0 aliphatic carbocycles. The normalized spacial score (nSPS) is 15.3. The Morgan fingerprint density at radius 3 is 2.86 bits per heavy atom. The van der Waals surface area contributed by atoms with Crippen molar-refractivity contribution in [1.82, 2.24) is 14.7 Å². The van der Waals surface area contributed by atoms with Crippen molar-refractivity contribution < 1.29 is 13.7 Å². The van der Waals surface area contributed by atoms with Crippen molar-refractivity contribution in [3.8, 4) is 5.69 Å². The van der Waals surface area contributed by atoms with Crippen LogP contribution in [-0.2, 0) is 11.2 Å². The smallest absolute Gasteiger partial charge is 0.272 e. The third-order valence-electron chi connectivity index (χ3n) is 4.19. The van der Waals surface area contributed by atoms with Crippen LogP contribution in [0.4, 0.5) is 10.2 Å². The van der Waals surface area contributed by atoms with Crippen LogP contribution in [0.25, 0.3) is 5.69 Å². The van der Waals surface area contributed by atoms with Crippen molar-refractivity contribution in [2.75, 3.05) is 11.1 Å². The molecule has 29 heavy (non-hydrogen) atoms. The highest BCUT2D eigenvalue weighted by molar-refractivity contribution is 8.00. The number of halogens is 1. The Hall–Kier alpha value is -2.59. The van der Waals surface area contributed by atoms with E-state index in [1.165, 1.54) is 40.6 Å². The van der Waals surface area contributed by atoms with Crippen LogP contribution in [0, 0.1) is 12.7 Å². The Balaban J connectivity index is 1.64. The number of anilines is 1. The predicted molar refractivity (Wildman–Crippen MR) is 109 cm³/mol. The van der Waals surface area contributed by atoms with Crippen molar-refractivity contribution >= 4 is 35.2 Å². The molecule has 0 bridgehead atoms. The molecule has 1 amide bonds. The number of nitrogens with one attached hydrogen (secondary N) is 1. The van der Waals surface area contributed by atoms with E-state index in [4.69, 9.17) is 4.52 Å². The van der Waals surface area contributed by atoms with Gasteiger partial charge in [0, 0.05) is 17.7 Å². The summed E-state index contributed by atoms with van der Waals surface area (Å²) in [5, 5.41) is 7.01. The maximum atomic E-state index is 13.4. The Morgan fingerprint density at radius 2 is 2.17 bits per heavy atom. The first kappa shape index (κ1) is 19.7. The fourth-order valence-corrected chi connectivity index (χ4v) is 4.87. The molecule has 3 aromatic rings. The minimum atomic E-state index is -0.393. The summed E-state index contributed by atoms with van der Waals surface area (Å²) < 4.78 is 19.7. The predicted octanol–water partition coefficient (Wildman–Crippen LogP) is 3.44. The maximum absolute atomic E-state index is 13.4. The number of amides is 1. The summed E-state index contributed by atoms with van der Waals surface area (Å²) in [5.41, 5.74) is 1.04. The lowest BCUT2D eigenvalue weighted by atomic mass is 10.2. The maximum Gasteiger partial charge on any atom is 0.272 e. The number of rotatable bonds is 5. The molecule has 1 N–H and O–H groups in total. The SMILES string of the molecule is Cc1cc(NC(=O)CSc2nc3c(c(=O)n2-c2ccc(F)cc2)S[C@H](C)C3)no1. The number of hydrogen-bond acceptors (Lipinski definition) is 7. The van der Waals surface area contributed by atoms with E-state index in [1.807, 2.05) is 6.92 Å². The van der Waals surface area contributed by atoms with Crippen LogP contribution in [0.5, 0.6) is 0 Å². The molecule has 2 aromatic heterocycles. The van der Waals surface area contributed by atoms with Gasteiger partial charge in [0.1, 0.15) is 11.6 Å². The van der Waals surface area contributed by atoms with Crippen molar-refractivity contribution in [2.24, 2.45) is 0 Å². The summed E-state index contributed by atoms with van der Waals surface area (Å²) in [5.74, 6) is 0.254. The minimum Gasteiger partial charge on any atom is -0.360 e. The van der Waals surface area contributed by atoms with Crippen LogP contribution >= 0.6 is 23.5 Å². The Bertz CT molecular complexity index is 1130. The van der Waals surface area contributed by atoms with Gasteiger partial charge in [0.25, 0.3) is 5.56 Å². The summed E-state index contributed by atoms with van der Waals surface area (Å²) in [4.78, 5) is 30.6. The molecule has 10 heteroatoms. The number of carbonyl (C=O) groups is 1. The van der Waals surface area contributed by atoms with E-state index in [0.717, 1.165) is 17.5 Å². The van der Waals surface area contributed by atoms with Crippen molar-refractivity contribution in [1.29, 1.82) is 0 Å². The van der Waals surface area contributed by atoms with Crippen LogP contribution in [0.15, 0.2) is 49.7 Å². The zero-order valence-electron chi connectivity index (χ0n) is 15.6. The van der Waals surface area contributed by atoms with Gasteiger partial charge >= 0.3 is 0 Å². The second-order valence-electron chi connectivity index (χ2n) is 6.58. The van der Waals surface area contributed by atoms with E-state index >= 15 is 0 Å². The topological polar surface area (TPSA) is 90.0 Å². The molecule has 1 aromatic carbocycles. The first-order valence-electron chi connectivity index (χ1n) is 8.85. The van der Waals surface area contributed by atoms with Gasteiger partial charge in [-0.2, -0.15) is 0 Å². The van der Waals surface area contributed by atoms with Crippen molar-refractivity contribution in [2.45, 2.75) is 35.6 Å². The van der Waals surface area contributed by atoms with Gasteiger partial charge in [-0.05, 0) is 31.2 Å². The molecule has 7 nitrogen and oxygen atoms in total. The van der Waals surface area contributed by atoms with E-state index in [2.05, 4.69) is 15.5 Å². The van der Waals surface area contributed by atoms with Gasteiger partial charge in [-0.3, -0.25) is 14.2 Å². The largest absolute Gasteiger partial charge is 0.360 e. The molecule has 4 rings (SSSR count). The lowest BCUT2D eigenvalue weighted by molar-refractivity contribution is -0.113. The van der Waals surface area contributed by atoms with Gasteiger partial charge in [-0.25, -0.2) is 9.37 Å². The fourth-order valence-electron chi connectivity index (χ4n) is 2.95. The third kappa shape index (κ3) is 4.23. The highest BCUT2D eigenvalue weighted by atomic mass is 32.2. The number of hydrogen-bond donors (Lipinski definition) is 1.